The number of rotatable bonds is 6. The standard InChI is InChI=1S/C17H28O4S/c1-16(2)20-12-17(3,13-21-16)11-19-15(18)9-5-4-7-14-8-6-10-22-14/h7H,4-6,8-13H2,1-3H3/b14-7+. The third-order valence-electron chi connectivity index (χ3n) is 3.93. The van der Waals surface area contributed by atoms with Crippen LogP contribution in [0.25, 0.3) is 0 Å². The maximum absolute atomic E-state index is 11.8. The van der Waals surface area contributed by atoms with Crippen molar-refractivity contribution in [2.75, 3.05) is 25.6 Å². The first-order chi connectivity index (χ1) is 10.4. The lowest BCUT2D eigenvalue weighted by atomic mass is 9.93. The largest absolute Gasteiger partial charge is 0.465 e. The van der Waals surface area contributed by atoms with Gasteiger partial charge in [-0.1, -0.05) is 13.0 Å². The molecule has 2 heterocycles. The Morgan fingerprint density at radius 3 is 2.68 bits per heavy atom. The van der Waals surface area contributed by atoms with Gasteiger partial charge < -0.3 is 14.2 Å². The number of thioether (sulfide) groups is 1. The second-order valence-electron chi connectivity index (χ2n) is 6.96. The van der Waals surface area contributed by atoms with Crippen LogP contribution in [0.3, 0.4) is 0 Å². The van der Waals surface area contributed by atoms with Crippen molar-refractivity contribution in [2.45, 2.75) is 58.7 Å². The summed E-state index contributed by atoms with van der Waals surface area (Å²) in [6.45, 7) is 7.29. The molecule has 126 valence electrons. The molecule has 0 aromatic carbocycles. The highest BCUT2D eigenvalue weighted by molar-refractivity contribution is 8.03. The first-order valence-corrected chi connectivity index (χ1v) is 9.13. The van der Waals surface area contributed by atoms with Crippen LogP contribution in [0.1, 0.15) is 52.9 Å². The van der Waals surface area contributed by atoms with E-state index in [-0.39, 0.29) is 11.4 Å². The predicted molar refractivity (Wildman–Crippen MR) is 88.7 cm³/mol. The molecule has 0 aromatic rings. The molecule has 22 heavy (non-hydrogen) atoms. The molecule has 2 fully saturated rings. The van der Waals surface area contributed by atoms with Gasteiger partial charge in [-0.05, 0) is 50.2 Å². The van der Waals surface area contributed by atoms with E-state index in [4.69, 9.17) is 14.2 Å². The number of esters is 1. The summed E-state index contributed by atoms with van der Waals surface area (Å²) in [4.78, 5) is 13.3. The molecule has 0 bridgehead atoms. The highest BCUT2D eigenvalue weighted by Crippen LogP contribution is 2.31. The number of carbonyl (C=O) groups is 1. The van der Waals surface area contributed by atoms with Crippen molar-refractivity contribution in [1.29, 1.82) is 0 Å². The Morgan fingerprint density at radius 1 is 1.32 bits per heavy atom. The molecule has 0 unspecified atom stereocenters. The number of ether oxygens (including phenoxy) is 3. The Hall–Kier alpha value is -0.520. The van der Waals surface area contributed by atoms with Crippen LogP contribution in [0.5, 0.6) is 0 Å². The summed E-state index contributed by atoms with van der Waals surface area (Å²) in [7, 11) is 0. The molecule has 0 aliphatic carbocycles. The number of hydrogen-bond acceptors (Lipinski definition) is 5. The van der Waals surface area contributed by atoms with E-state index in [1.165, 1.54) is 23.5 Å². The summed E-state index contributed by atoms with van der Waals surface area (Å²) in [5.41, 5.74) is -0.242. The third kappa shape index (κ3) is 5.94. The normalized spacial score (nSPS) is 25.3. The Labute approximate surface area is 138 Å². The molecule has 0 N–H and O–H groups in total. The molecule has 0 spiro atoms. The first-order valence-electron chi connectivity index (χ1n) is 8.14. The molecule has 2 aliphatic rings. The molecular formula is C17H28O4S. The maximum Gasteiger partial charge on any atom is 0.305 e. The van der Waals surface area contributed by atoms with E-state index in [1.54, 1.807) is 0 Å². The zero-order valence-electron chi connectivity index (χ0n) is 14.0. The number of allylic oxidation sites excluding steroid dienone is 2. The first kappa shape index (κ1) is 17.8. The average Bonchev–Trinajstić information content (AvgIpc) is 2.99. The van der Waals surface area contributed by atoms with Gasteiger partial charge in [0.05, 0.1) is 13.2 Å². The Morgan fingerprint density at radius 2 is 2.05 bits per heavy atom. The molecule has 0 amide bonds. The van der Waals surface area contributed by atoms with Crippen LogP contribution < -0.4 is 0 Å². The highest BCUT2D eigenvalue weighted by atomic mass is 32.2. The van der Waals surface area contributed by atoms with Gasteiger partial charge in [0.15, 0.2) is 5.79 Å². The summed E-state index contributed by atoms with van der Waals surface area (Å²) in [6.07, 6.45) is 7.09. The lowest BCUT2D eigenvalue weighted by Gasteiger charge is -2.40. The molecule has 2 rings (SSSR count). The van der Waals surface area contributed by atoms with Crippen LogP contribution in [0.4, 0.5) is 0 Å². The highest BCUT2D eigenvalue weighted by Gasteiger charge is 2.37. The van der Waals surface area contributed by atoms with E-state index < -0.39 is 5.79 Å². The quantitative estimate of drug-likeness (QED) is 0.546. The summed E-state index contributed by atoms with van der Waals surface area (Å²) in [6, 6.07) is 0. The average molecular weight is 328 g/mol. The molecule has 0 atom stereocenters. The van der Waals surface area contributed by atoms with Crippen molar-refractivity contribution in [3.8, 4) is 0 Å². The summed E-state index contributed by atoms with van der Waals surface area (Å²) in [5.74, 6) is 0.589. The summed E-state index contributed by atoms with van der Waals surface area (Å²) in [5, 5.41) is 0. The molecule has 4 nitrogen and oxygen atoms in total. The van der Waals surface area contributed by atoms with Gasteiger partial charge in [-0.25, -0.2) is 0 Å². The van der Waals surface area contributed by atoms with Gasteiger partial charge >= 0.3 is 5.97 Å². The number of hydrogen-bond donors (Lipinski definition) is 0. The summed E-state index contributed by atoms with van der Waals surface area (Å²) >= 11 is 1.95. The minimum Gasteiger partial charge on any atom is -0.465 e. The molecule has 5 heteroatoms. The van der Waals surface area contributed by atoms with E-state index in [0.29, 0.717) is 26.2 Å². The molecular weight excluding hydrogens is 300 g/mol. The lowest BCUT2D eigenvalue weighted by molar-refractivity contribution is -0.287. The van der Waals surface area contributed by atoms with E-state index in [0.717, 1.165) is 12.8 Å². The van der Waals surface area contributed by atoms with E-state index in [1.807, 2.05) is 32.5 Å². The Balaban J connectivity index is 1.60. The molecule has 0 aromatic heterocycles. The smallest absolute Gasteiger partial charge is 0.305 e. The van der Waals surface area contributed by atoms with Crippen molar-refractivity contribution in [1.82, 2.24) is 0 Å². The van der Waals surface area contributed by atoms with E-state index >= 15 is 0 Å². The fraction of sp³-hybridized carbons (Fsp3) is 0.824. The predicted octanol–water partition coefficient (Wildman–Crippen LogP) is 3.90. The second kappa shape index (κ2) is 7.84. The number of carbonyl (C=O) groups excluding carboxylic acids is 1. The van der Waals surface area contributed by atoms with Crippen LogP contribution in [-0.2, 0) is 19.0 Å². The second-order valence-corrected chi connectivity index (χ2v) is 8.18. The van der Waals surface area contributed by atoms with Gasteiger partial charge in [0.25, 0.3) is 0 Å². The molecule has 2 saturated heterocycles. The monoisotopic (exact) mass is 328 g/mol. The van der Waals surface area contributed by atoms with Crippen molar-refractivity contribution < 1.29 is 19.0 Å². The van der Waals surface area contributed by atoms with Gasteiger partial charge in [-0.3, -0.25) is 4.79 Å². The minimum absolute atomic E-state index is 0.122. The Bertz CT molecular complexity index is 399. The van der Waals surface area contributed by atoms with Crippen molar-refractivity contribution in [2.24, 2.45) is 5.41 Å². The van der Waals surface area contributed by atoms with E-state index in [2.05, 4.69) is 6.08 Å². The molecule has 0 radical (unpaired) electrons. The SMILES string of the molecule is CC1(COC(=O)CCC/C=C2\CCCS2)COC(C)(C)OC1. The molecule has 0 saturated carbocycles. The van der Waals surface area contributed by atoms with Gasteiger partial charge in [0.2, 0.25) is 0 Å². The van der Waals surface area contributed by atoms with Gasteiger partial charge in [0.1, 0.15) is 6.61 Å². The van der Waals surface area contributed by atoms with Crippen LogP contribution in [0.2, 0.25) is 0 Å². The fourth-order valence-electron chi connectivity index (χ4n) is 2.38. The van der Waals surface area contributed by atoms with Crippen LogP contribution >= 0.6 is 11.8 Å². The minimum atomic E-state index is -0.532. The Kier molecular flexibility index (Phi) is 6.36. The number of unbranched alkanes of at least 4 members (excludes halogenated alkanes) is 1. The zero-order chi connectivity index (χ0) is 16.1. The van der Waals surface area contributed by atoms with Gasteiger partial charge in [-0.2, -0.15) is 0 Å². The van der Waals surface area contributed by atoms with Crippen LogP contribution in [0.15, 0.2) is 11.0 Å². The topological polar surface area (TPSA) is 44.8 Å². The van der Waals surface area contributed by atoms with Crippen LogP contribution in [-0.4, -0.2) is 37.3 Å². The maximum atomic E-state index is 11.8. The third-order valence-corrected chi connectivity index (χ3v) is 5.16. The van der Waals surface area contributed by atoms with Gasteiger partial charge in [0, 0.05) is 11.8 Å². The van der Waals surface area contributed by atoms with E-state index in [9.17, 15) is 4.79 Å². The lowest BCUT2D eigenvalue weighted by Crippen LogP contribution is -2.47. The van der Waals surface area contributed by atoms with Crippen molar-refractivity contribution in [3.63, 3.8) is 0 Å². The summed E-state index contributed by atoms with van der Waals surface area (Å²) < 4.78 is 16.7. The van der Waals surface area contributed by atoms with Crippen molar-refractivity contribution in [3.05, 3.63) is 11.0 Å². The molecule has 2 aliphatic heterocycles. The van der Waals surface area contributed by atoms with Gasteiger partial charge in [-0.15, -0.1) is 11.8 Å². The fourth-order valence-corrected chi connectivity index (χ4v) is 3.46. The zero-order valence-corrected chi connectivity index (χ0v) is 14.8. The van der Waals surface area contributed by atoms with Crippen molar-refractivity contribution >= 4 is 17.7 Å². The van der Waals surface area contributed by atoms with Crippen LogP contribution in [0, 0.1) is 5.41 Å².